The molecule has 4 nitrogen and oxygen atoms in total. The van der Waals surface area contributed by atoms with Crippen molar-refractivity contribution in [2.24, 2.45) is 11.7 Å². The molecule has 1 unspecified atom stereocenters. The van der Waals surface area contributed by atoms with Gasteiger partial charge in [-0.3, -0.25) is 4.79 Å². The van der Waals surface area contributed by atoms with Crippen molar-refractivity contribution in [1.82, 2.24) is 9.80 Å². The highest BCUT2D eigenvalue weighted by Gasteiger charge is 2.31. The third-order valence-corrected chi connectivity index (χ3v) is 3.86. The minimum atomic E-state index is 0.201. The van der Waals surface area contributed by atoms with Crippen molar-refractivity contribution in [3.63, 3.8) is 0 Å². The molecule has 1 heterocycles. The molecule has 0 aromatic heterocycles. The molecule has 1 rings (SSSR count). The third-order valence-electron chi connectivity index (χ3n) is 3.86. The van der Waals surface area contributed by atoms with Gasteiger partial charge in [0.15, 0.2) is 0 Å². The molecule has 106 valence electrons. The van der Waals surface area contributed by atoms with Crippen LogP contribution in [-0.4, -0.2) is 55.0 Å². The SMILES string of the molecule is CCCC(CCC)C(=O)N1CCN(C)CC1CN. The van der Waals surface area contributed by atoms with Gasteiger partial charge in [0.25, 0.3) is 0 Å². The van der Waals surface area contributed by atoms with E-state index in [0.29, 0.717) is 12.5 Å². The fourth-order valence-corrected chi connectivity index (χ4v) is 2.83. The number of piperazine rings is 1. The van der Waals surface area contributed by atoms with E-state index in [2.05, 4.69) is 25.8 Å². The van der Waals surface area contributed by atoms with E-state index in [4.69, 9.17) is 5.73 Å². The summed E-state index contributed by atoms with van der Waals surface area (Å²) in [6.45, 7) is 7.59. The number of carbonyl (C=O) groups excluding carboxylic acids is 1. The maximum Gasteiger partial charge on any atom is 0.226 e. The first-order chi connectivity index (χ1) is 8.63. The summed E-state index contributed by atoms with van der Waals surface area (Å²) < 4.78 is 0. The van der Waals surface area contributed by atoms with E-state index in [9.17, 15) is 4.79 Å². The van der Waals surface area contributed by atoms with E-state index in [-0.39, 0.29) is 12.0 Å². The van der Waals surface area contributed by atoms with Gasteiger partial charge in [-0.1, -0.05) is 26.7 Å². The van der Waals surface area contributed by atoms with Gasteiger partial charge in [0.05, 0.1) is 6.04 Å². The zero-order valence-electron chi connectivity index (χ0n) is 12.2. The summed E-state index contributed by atoms with van der Waals surface area (Å²) in [4.78, 5) is 16.9. The normalized spacial score (nSPS) is 21.6. The highest BCUT2D eigenvalue weighted by molar-refractivity contribution is 5.79. The average Bonchev–Trinajstić information content (AvgIpc) is 2.37. The van der Waals surface area contributed by atoms with Crippen molar-refractivity contribution < 1.29 is 4.79 Å². The Hall–Kier alpha value is -0.610. The summed E-state index contributed by atoms with van der Waals surface area (Å²) in [7, 11) is 2.10. The standard InChI is InChI=1S/C14H29N3O/c1-4-6-12(7-5-2)14(18)17-9-8-16(3)11-13(17)10-15/h12-13H,4-11,15H2,1-3H3. The molecule has 1 aliphatic heterocycles. The quantitative estimate of drug-likeness (QED) is 0.778. The van der Waals surface area contributed by atoms with Gasteiger partial charge in [0, 0.05) is 32.1 Å². The molecule has 0 aromatic rings. The van der Waals surface area contributed by atoms with Crippen molar-refractivity contribution in [3.8, 4) is 0 Å². The average molecular weight is 255 g/mol. The highest BCUT2D eigenvalue weighted by atomic mass is 16.2. The lowest BCUT2D eigenvalue weighted by Gasteiger charge is -2.41. The van der Waals surface area contributed by atoms with Crippen LogP contribution in [0.25, 0.3) is 0 Å². The van der Waals surface area contributed by atoms with E-state index in [1.807, 2.05) is 4.90 Å². The van der Waals surface area contributed by atoms with Crippen molar-refractivity contribution >= 4 is 5.91 Å². The van der Waals surface area contributed by atoms with Gasteiger partial charge >= 0.3 is 0 Å². The number of carbonyl (C=O) groups is 1. The molecule has 0 spiro atoms. The van der Waals surface area contributed by atoms with Crippen LogP contribution in [0, 0.1) is 5.92 Å². The van der Waals surface area contributed by atoms with Crippen LogP contribution in [0.2, 0.25) is 0 Å². The van der Waals surface area contributed by atoms with Gasteiger partial charge in [0.1, 0.15) is 0 Å². The molecule has 1 fully saturated rings. The fourth-order valence-electron chi connectivity index (χ4n) is 2.83. The van der Waals surface area contributed by atoms with Crippen LogP contribution >= 0.6 is 0 Å². The predicted octanol–water partition coefficient (Wildman–Crippen LogP) is 1.30. The molecule has 0 bridgehead atoms. The third kappa shape index (κ3) is 3.95. The largest absolute Gasteiger partial charge is 0.336 e. The molecule has 0 aliphatic carbocycles. The van der Waals surface area contributed by atoms with E-state index < -0.39 is 0 Å². The van der Waals surface area contributed by atoms with E-state index in [0.717, 1.165) is 45.3 Å². The first kappa shape index (κ1) is 15.4. The Labute approximate surface area is 111 Å². The lowest BCUT2D eigenvalue weighted by atomic mass is 9.95. The van der Waals surface area contributed by atoms with E-state index >= 15 is 0 Å². The minimum absolute atomic E-state index is 0.201. The number of rotatable bonds is 6. The summed E-state index contributed by atoms with van der Waals surface area (Å²) in [5.41, 5.74) is 5.82. The minimum Gasteiger partial charge on any atom is -0.336 e. The Balaban J connectivity index is 2.66. The van der Waals surface area contributed by atoms with Crippen LogP contribution in [0.4, 0.5) is 0 Å². The van der Waals surface area contributed by atoms with Crippen LogP contribution in [0.5, 0.6) is 0 Å². The van der Waals surface area contributed by atoms with E-state index in [1.165, 1.54) is 0 Å². The molecule has 1 amide bonds. The van der Waals surface area contributed by atoms with Crippen molar-refractivity contribution in [2.75, 3.05) is 33.2 Å². The number of nitrogens with two attached hydrogens (primary N) is 1. The van der Waals surface area contributed by atoms with Crippen molar-refractivity contribution in [3.05, 3.63) is 0 Å². The molecule has 0 radical (unpaired) electrons. The van der Waals surface area contributed by atoms with Crippen LogP contribution < -0.4 is 5.73 Å². The molecule has 2 N–H and O–H groups in total. The first-order valence-electron chi connectivity index (χ1n) is 7.33. The van der Waals surface area contributed by atoms with Crippen LogP contribution in [0.15, 0.2) is 0 Å². The molecular weight excluding hydrogens is 226 g/mol. The second-order valence-electron chi connectivity index (χ2n) is 5.46. The van der Waals surface area contributed by atoms with Crippen LogP contribution in [0.3, 0.4) is 0 Å². The maximum atomic E-state index is 12.6. The van der Waals surface area contributed by atoms with Gasteiger partial charge in [-0.15, -0.1) is 0 Å². The van der Waals surface area contributed by atoms with Crippen molar-refractivity contribution in [2.45, 2.75) is 45.6 Å². The monoisotopic (exact) mass is 255 g/mol. The fraction of sp³-hybridized carbons (Fsp3) is 0.929. The second kappa shape index (κ2) is 7.74. The summed E-state index contributed by atoms with van der Waals surface area (Å²) in [5.74, 6) is 0.541. The number of hydrogen-bond acceptors (Lipinski definition) is 3. The number of nitrogens with zero attached hydrogens (tertiary/aromatic N) is 2. The summed E-state index contributed by atoms with van der Waals surface area (Å²) in [5, 5.41) is 0. The van der Waals surface area contributed by atoms with Gasteiger partial charge in [-0.25, -0.2) is 0 Å². The summed E-state index contributed by atoms with van der Waals surface area (Å²) in [6.07, 6.45) is 4.18. The molecule has 18 heavy (non-hydrogen) atoms. The molecule has 0 aromatic carbocycles. The molecule has 0 saturated carbocycles. The summed E-state index contributed by atoms with van der Waals surface area (Å²) >= 11 is 0. The Morgan fingerprint density at radius 1 is 1.28 bits per heavy atom. The molecule has 1 saturated heterocycles. The molecule has 1 aliphatic rings. The zero-order valence-corrected chi connectivity index (χ0v) is 12.2. The lowest BCUT2D eigenvalue weighted by molar-refractivity contribution is -0.140. The molecular formula is C14H29N3O. The number of amides is 1. The second-order valence-corrected chi connectivity index (χ2v) is 5.46. The Bertz CT molecular complexity index is 251. The highest BCUT2D eigenvalue weighted by Crippen LogP contribution is 2.20. The number of likely N-dealkylation sites (N-methyl/N-ethyl adjacent to an activating group) is 1. The predicted molar refractivity (Wildman–Crippen MR) is 75.4 cm³/mol. The van der Waals surface area contributed by atoms with Crippen molar-refractivity contribution in [1.29, 1.82) is 0 Å². The first-order valence-corrected chi connectivity index (χ1v) is 7.33. The number of hydrogen-bond donors (Lipinski definition) is 1. The van der Waals surface area contributed by atoms with E-state index in [1.54, 1.807) is 0 Å². The van der Waals surface area contributed by atoms with Crippen LogP contribution in [0.1, 0.15) is 39.5 Å². The van der Waals surface area contributed by atoms with Gasteiger partial charge in [-0.05, 0) is 19.9 Å². The molecule has 1 atom stereocenters. The van der Waals surface area contributed by atoms with Crippen LogP contribution in [-0.2, 0) is 4.79 Å². The smallest absolute Gasteiger partial charge is 0.226 e. The van der Waals surface area contributed by atoms with Gasteiger partial charge < -0.3 is 15.5 Å². The Kier molecular flexibility index (Phi) is 6.65. The van der Waals surface area contributed by atoms with Gasteiger partial charge in [-0.2, -0.15) is 0 Å². The topological polar surface area (TPSA) is 49.6 Å². The maximum absolute atomic E-state index is 12.6. The zero-order chi connectivity index (χ0) is 13.5. The Morgan fingerprint density at radius 2 is 1.89 bits per heavy atom. The molecule has 4 heteroatoms. The summed E-state index contributed by atoms with van der Waals surface area (Å²) in [6, 6.07) is 0.201. The van der Waals surface area contributed by atoms with Gasteiger partial charge in [0.2, 0.25) is 5.91 Å². The lowest BCUT2D eigenvalue weighted by Crippen LogP contribution is -2.58. The Morgan fingerprint density at radius 3 is 2.39 bits per heavy atom.